The zero-order valence-corrected chi connectivity index (χ0v) is 13.0. The molecule has 3 N–H and O–H groups in total. The molecule has 0 aliphatic carbocycles. The van der Waals surface area contributed by atoms with Gasteiger partial charge in [0.2, 0.25) is 0 Å². The Hall–Kier alpha value is -1.79. The zero-order valence-electron chi connectivity index (χ0n) is 12.3. The van der Waals surface area contributed by atoms with Crippen molar-refractivity contribution in [2.75, 3.05) is 20.6 Å². The lowest BCUT2D eigenvalue weighted by molar-refractivity contribution is -0.139. The highest BCUT2D eigenvalue weighted by atomic mass is 35.5. The smallest absolute Gasteiger partial charge is 0.331 e. The van der Waals surface area contributed by atoms with Crippen molar-refractivity contribution in [3.8, 4) is 0 Å². The number of amides is 2. The van der Waals surface area contributed by atoms with Crippen molar-refractivity contribution >= 4 is 23.6 Å². The first-order valence-electron chi connectivity index (χ1n) is 6.50. The van der Waals surface area contributed by atoms with Crippen molar-refractivity contribution in [3.05, 3.63) is 34.9 Å². The van der Waals surface area contributed by atoms with E-state index in [1.807, 2.05) is 25.9 Å². The van der Waals surface area contributed by atoms with Gasteiger partial charge in [0.15, 0.2) is 6.04 Å². The Kier molecular flexibility index (Phi) is 6.45. The van der Waals surface area contributed by atoms with E-state index in [1.165, 1.54) is 0 Å². The first kappa shape index (κ1) is 17.3. The fourth-order valence-corrected chi connectivity index (χ4v) is 2.22. The number of hydrogen-bond acceptors (Lipinski definition) is 3. The van der Waals surface area contributed by atoms with Gasteiger partial charge in [-0.1, -0.05) is 29.8 Å². The van der Waals surface area contributed by atoms with Gasteiger partial charge in [-0.05, 0) is 27.1 Å². The molecule has 0 aliphatic rings. The van der Waals surface area contributed by atoms with E-state index in [0.717, 1.165) is 0 Å². The molecular formula is C14H20ClN3O3. The number of carboxylic acid groups (broad SMARTS) is 1. The molecule has 0 aliphatic heterocycles. The number of hydrogen-bond donors (Lipinski definition) is 3. The van der Waals surface area contributed by atoms with Gasteiger partial charge in [0.05, 0.1) is 0 Å². The third-order valence-electron chi connectivity index (χ3n) is 2.76. The topological polar surface area (TPSA) is 81.7 Å². The number of nitrogens with one attached hydrogen (secondary N) is 2. The van der Waals surface area contributed by atoms with Crippen LogP contribution in [-0.2, 0) is 4.79 Å². The maximum atomic E-state index is 11.9. The van der Waals surface area contributed by atoms with Crippen molar-refractivity contribution in [3.63, 3.8) is 0 Å². The van der Waals surface area contributed by atoms with Gasteiger partial charge in [-0.15, -0.1) is 0 Å². The summed E-state index contributed by atoms with van der Waals surface area (Å²) < 4.78 is 0. The molecule has 7 heteroatoms. The molecule has 2 amide bonds. The van der Waals surface area contributed by atoms with E-state index in [1.54, 1.807) is 24.3 Å². The number of carboxylic acids is 1. The minimum Gasteiger partial charge on any atom is -0.479 e. The van der Waals surface area contributed by atoms with Crippen molar-refractivity contribution in [1.82, 2.24) is 15.5 Å². The Morgan fingerprint density at radius 2 is 1.90 bits per heavy atom. The summed E-state index contributed by atoms with van der Waals surface area (Å²) in [4.78, 5) is 25.2. The number of carbonyl (C=O) groups excluding carboxylic acids is 1. The van der Waals surface area contributed by atoms with Gasteiger partial charge in [-0.3, -0.25) is 0 Å². The molecule has 0 saturated carbocycles. The fourth-order valence-electron chi connectivity index (χ4n) is 1.97. The standard InChI is InChI=1S/C14H20ClN3O3/c1-9(8-18(2)3)16-14(21)17-12(13(19)20)10-6-4-5-7-11(10)15/h4-7,9,12H,8H2,1-3H3,(H,19,20)(H2,16,17,21)/t9?,12-/m1/s1. The molecule has 1 unspecified atom stereocenters. The second-order valence-electron chi connectivity index (χ2n) is 5.07. The highest BCUT2D eigenvalue weighted by Crippen LogP contribution is 2.22. The number of aliphatic carboxylic acids is 1. The minimum atomic E-state index is -1.19. The molecule has 0 saturated heterocycles. The number of rotatable bonds is 6. The maximum absolute atomic E-state index is 11.9. The van der Waals surface area contributed by atoms with Crippen molar-refractivity contribution < 1.29 is 14.7 Å². The molecule has 21 heavy (non-hydrogen) atoms. The second kappa shape index (κ2) is 7.85. The zero-order chi connectivity index (χ0) is 16.0. The van der Waals surface area contributed by atoms with E-state index in [9.17, 15) is 14.7 Å². The maximum Gasteiger partial charge on any atom is 0.331 e. The predicted molar refractivity (Wildman–Crippen MR) is 81.5 cm³/mol. The van der Waals surface area contributed by atoms with Crippen LogP contribution in [0.2, 0.25) is 5.02 Å². The van der Waals surface area contributed by atoms with E-state index in [-0.39, 0.29) is 6.04 Å². The molecule has 0 aromatic heterocycles. The summed E-state index contributed by atoms with van der Waals surface area (Å²) in [6.45, 7) is 2.49. The average molecular weight is 314 g/mol. The van der Waals surface area contributed by atoms with E-state index >= 15 is 0 Å². The summed E-state index contributed by atoms with van der Waals surface area (Å²) in [7, 11) is 3.78. The number of carbonyl (C=O) groups is 2. The number of nitrogens with zero attached hydrogens (tertiary/aromatic N) is 1. The van der Waals surface area contributed by atoms with E-state index < -0.39 is 18.0 Å². The highest BCUT2D eigenvalue weighted by Gasteiger charge is 2.24. The van der Waals surface area contributed by atoms with Crippen LogP contribution in [0.15, 0.2) is 24.3 Å². The Balaban J connectivity index is 2.74. The Bertz CT molecular complexity index is 508. The predicted octanol–water partition coefficient (Wildman–Crippen LogP) is 1.72. The van der Waals surface area contributed by atoms with Crippen LogP contribution in [-0.4, -0.2) is 48.7 Å². The van der Waals surface area contributed by atoms with Crippen LogP contribution in [0, 0.1) is 0 Å². The van der Waals surface area contributed by atoms with Crippen LogP contribution in [0.25, 0.3) is 0 Å². The summed E-state index contributed by atoms with van der Waals surface area (Å²) in [5, 5.41) is 14.7. The van der Waals surface area contributed by atoms with Crippen LogP contribution in [0.3, 0.4) is 0 Å². The molecule has 0 spiro atoms. The van der Waals surface area contributed by atoms with Gasteiger partial charge in [0.1, 0.15) is 0 Å². The number of likely N-dealkylation sites (N-methyl/N-ethyl adjacent to an activating group) is 1. The molecule has 0 radical (unpaired) electrons. The Labute approximate surface area is 129 Å². The largest absolute Gasteiger partial charge is 0.479 e. The Morgan fingerprint density at radius 3 is 2.43 bits per heavy atom. The summed E-state index contributed by atoms with van der Waals surface area (Å²) in [6.07, 6.45) is 0. The molecule has 116 valence electrons. The summed E-state index contributed by atoms with van der Waals surface area (Å²) >= 11 is 5.98. The lowest BCUT2D eigenvalue weighted by Gasteiger charge is -2.21. The van der Waals surface area contributed by atoms with E-state index in [0.29, 0.717) is 17.1 Å². The minimum absolute atomic E-state index is 0.110. The van der Waals surface area contributed by atoms with Gasteiger partial charge >= 0.3 is 12.0 Å². The third-order valence-corrected chi connectivity index (χ3v) is 3.10. The van der Waals surface area contributed by atoms with Gasteiger partial charge < -0.3 is 20.6 Å². The lowest BCUT2D eigenvalue weighted by Crippen LogP contribution is -2.47. The second-order valence-corrected chi connectivity index (χ2v) is 5.48. The van der Waals surface area contributed by atoms with Crippen molar-refractivity contribution in [2.24, 2.45) is 0 Å². The van der Waals surface area contributed by atoms with Gasteiger partial charge in [-0.25, -0.2) is 9.59 Å². The Morgan fingerprint density at radius 1 is 1.29 bits per heavy atom. The molecule has 1 aromatic carbocycles. The van der Waals surface area contributed by atoms with Crippen molar-refractivity contribution in [2.45, 2.75) is 19.0 Å². The molecule has 0 bridgehead atoms. The van der Waals surface area contributed by atoms with Crippen LogP contribution in [0.5, 0.6) is 0 Å². The van der Waals surface area contributed by atoms with E-state index in [4.69, 9.17) is 11.6 Å². The normalized spacial score (nSPS) is 13.6. The molecular weight excluding hydrogens is 294 g/mol. The molecule has 0 fully saturated rings. The van der Waals surface area contributed by atoms with Crippen molar-refractivity contribution in [1.29, 1.82) is 0 Å². The quantitative estimate of drug-likeness (QED) is 0.747. The molecule has 1 aromatic rings. The van der Waals surface area contributed by atoms with Crippen LogP contribution < -0.4 is 10.6 Å². The number of benzene rings is 1. The summed E-state index contributed by atoms with van der Waals surface area (Å²) in [5.74, 6) is -1.17. The first-order valence-corrected chi connectivity index (χ1v) is 6.88. The highest BCUT2D eigenvalue weighted by molar-refractivity contribution is 6.31. The third kappa shape index (κ3) is 5.61. The SMILES string of the molecule is CC(CN(C)C)NC(=O)N[C@@H](C(=O)O)c1ccccc1Cl. The average Bonchev–Trinajstić information content (AvgIpc) is 2.35. The van der Waals surface area contributed by atoms with Gasteiger partial charge in [0, 0.05) is 23.2 Å². The van der Waals surface area contributed by atoms with Crippen LogP contribution in [0.1, 0.15) is 18.5 Å². The number of urea groups is 1. The molecule has 0 heterocycles. The van der Waals surface area contributed by atoms with Gasteiger partial charge in [0.25, 0.3) is 0 Å². The lowest BCUT2D eigenvalue weighted by atomic mass is 10.1. The first-order chi connectivity index (χ1) is 9.81. The fraction of sp³-hybridized carbons (Fsp3) is 0.429. The monoisotopic (exact) mass is 313 g/mol. The summed E-state index contributed by atoms with van der Waals surface area (Å²) in [5.41, 5.74) is 0.349. The van der Waals surface area contributed by atoms with Gasteiger partial charge in [-0.2, -0.15) is 0 Å². The molecule has 2 atom stereocenters. The van der Waals surface area contributed by atoms with Crippen LogP contribution >= 0.6 is 11.6 Å². The summed E-state index contributed by atoms with van der Waals surface area (Å²) in [6, 6.07) is 4.68. The molecule has 6 nitrogen and oxygen atoms in total. The molecule has 1 rings (SSSR count). The number of halogens is 1. The van der Waals surface area contributed by atoms with Crippen LogP contribution in [0.4, 0.5) is 4.79 Å². The van der Waals surface area contributed by atoms with E-state index in [2.05, 4.69) is 10.6 Å².